The molecule has 5 heteroatoms. The summed E-state index contributed by atoms with van der Waals surface area (Å²) in [6.45, 7) is 5.26. The van der Waals surface area contributed by atoms with Gasteiger partial charge in [0.05, 0.1) is 18.1 Å². The van der Waals surface area contributed by atoms with Crippen molar-refractivity contribution >= 4 is 17.4 Å². The van der Waals surface area contributed by atoms with Gasteiger partial charge in [0.2, 0.25) is 0 Å². The lowest BCUT2D eigenvalue weighted by atomic mass is 10.1. The first-order chi connectivity index (χ1) is 9.65. The number of hydrogen-bond donors (Lipinski definition) is 2. The second-order valence-corrected chi connectivity index (χ2v) is 4.97. The van der Waals surface area contributed by atoms with E-state index in [1.807, 2.05) is 12.1 Å². The van der Waals surface area contributed by atoms with Crippen LogP contribution in [0.15, 0.2) is 41.1 Å². The number of hydrogen-bond acceptors (Lipinski definition) is 4. The molecule has 1 amide bonds. The maximum atomic E-state index is 11.8. The second-order valence-electron chi connectivity index (χ2n) is 4.97. The fourth-order valence-corrected chi connectivity index (χ4v) is 1.66. The Morgan fingerprint density at radius 2 is 2.20 bits per heavy atom. The van der Waals surface area contributed by atoms with E-state index in [4.69, 9.17) is 4.42 Å². The number of furan rings is 1. The summed E-state index contributed by atoms with van der Waals surface area (Å²) in [4.78, 5) is 16.0. The highest BCUT2D eigenvalue weighted by molar-refractivity contribution is 6.02. The average Bonchev–Trinajstić information content (AvgIpc) is 2.94. The number of aromatic nitrogens is 1. The maximum absolute atomic E-state index is 11.8. The molecule has 0 aliphatic heterocycles. The number of anilines is 2. The van der Waals surface area contributed by atoms with Crippen molar-refractivity contribution in [2.75, 3.05) is 17.2 Å². The Balaban J connectivity index is 1.87. The van der Waals surface area contributed by atoms with Gasteiger partial charge in [-0.25, -0.2) is 4.98 Å². The standard InChI is InChI=1S/C15H19N3O2/c1-11(2)7-8-16-14-6-5-12(10-17-14)18-15(19)13-4-3-9-20-13/h3-6,9-11H,7-8H2,1-2H3,(H,16,17)(H,18,19). The maximum Gasteiger partial charge on any atom is 0.291 e. The molecule has 2 N–H and O–H groups in total. The molecule has 2 heterocycles. The van der Waals surface area contributed by atoms with Crippen LogP contribution in [0.2, 0.25) is 0 Å². The summed E-state index contributed by atoms with van der Waals surface area (Å²) in [5.74, 6) is 1.47. The zero-order valence-electron chi connectivity index (χ0n) is 11.7. The van der Waals surface area contributed by atoms with Gasteiger partial charge in [-0.15, -0.1) is 0 Å². The van der Waals surface area contributed by atoms with Crippen LogP contribution in [0.5, 0.6) is 0 Å². The first-order valence-electron chi connectivity index (χ1n) is 6.70. The number of nitrogens with one attached hydrogen (secondary N) is 2. The molecule has 0 aliphatic rings. The summed E-state index contributed by atoms with van der Waals surface area (Å²) in [5, 5.41) is 5.96. The quantitative estimate of drug-likeness (QED) is 0.846. The Kier molecular flexibility index (Phi) is 4.76. The van der Waals surface area contributed by atoms with E-state index < -0.39 is 0 Å². The summed E-state index contributed by atoms with van der Waals surface area (Å²) in [5.41, 5.74) is 0.640. The molecule has 0 saturated heterocycles. The molecule has 0 aromatic carbocycles. The molecule has 0 radical (unpaired) electrons. The van der Waals surface area contributed by atoms with Crippen LogP contribution in [0, 0.1) is 5.92 Å². The van der Waals surface area contributed by atoms with E-state index in [0.29, 0.717) is 11.6 Å². The molecule has 0 unspecified atom stereocenters. The van der Waals surface area contributed by atoms with Crippen molar-refractivity contribution in [1.29, 1.82) is 0 Å². The van der Waals surface area contributed by atoms with Crippen molar-refractivity contribution in [2.45, 2.75) is 20.3 Å². The van der Waals surface area contributed by atoms with E-state index in [-0.39, 0.29) is 11.7 Å². The first-order valence-corrected chi connectivity index (χ1v) is 6.70. The molecule has 0 spiro atoms. The predicted molar refractivity (Wildman–Crippen MR) is 78.8 cm³/mol. The normalized spacial score (nSPS) is 10.6. The monoisotopic (exact) mass is 273 g/mol. The molecule has 0 bridgehead atoms. The Morgan fingerprint density at radius 3 is 2.80 bits per heavy atom. The van der Waals surface area contributed by atoms with Gasteiger partial charge in [-0.2, -0.15) is 0 Å². The topological polar surface area (TPSA) is 67.2 Å². The molecule has 0 aliphatic carbocycles. The van der Waals surface area contributed by atoms with Crippen molar-refractivity contribution in [3.8, 4) is 0 Å². The zero-order chi connectivity index (χ0) is 14.4. The third kappa shape index (κ3) is 4.12. The smallest absolute Gasteiger partial charge is 0.291 e. The molecule has 2 rings (SSSR count). The Labute approximate surface area is 118 Å². The van der Waals surface area contributed by atoms with Crippen LogP contribution < -0.4 is 10.6 Å². The highest BCUT2D eigenvalue weighted by atomic mass is 16.3. The largest absolute Gasteiger partial charge is 0.459 e. The molecule has 2 aromatic heterocycles. The Morgan fingerprint density at radius 1 is 1.35 bits per heavy atom. The fraction of sp³-hybridized carbons (Fsp3) is 0.333. The average molecular weight is 273 g/mol. The summed E-state index contributed by atoms with van der Waals surface area (Å²) in [6, 6.07) is 6.95. The van der Waals surface area contributed by atoms with Crippen molar-refractivity contribution in [3.63, 3.8) is 0 Å². The molecule has 106 valence electrons. The first kappa shape index (κ1) is 14.1. The van der Waals surface area contributed by atoms with Gasteiger partial charge in [-0.05, 0) is 36.6 Å². The van der Waals surface area contributed by atoms with E-state index in [9.17, 15) is 4.79 Å². The number of amides is 1. The van der Waals surface area contributed by atoms with Gasteiger partial charge in [0, 0.05) is 6.54 Å². The SMILES string of the molecule is CC(C)CCNc1ccc(NC(=O)c2ccco2)cn1. The van der Waals surface area contributed by atoms with Crippen LogP contribution in [0.4, 0.5) is 11.5 Å². The lowest BCUT2D eigenvalue weighted by Gasteiger charge is -2.08. The van der Waals surface area contributed by atoms with E-state index in [2.05, 4.69) is 29.5 Å². The minimum Gasteiger partial charge on any atom is -0.459 e. The number of rotatable bonds is 6. The van der Waals surface area contributed by atoms with Crippen molar-refractivity contribution < 1.29 is 9.21 Å². The summed E-state index contributed by atoms with van der Waals surface area (Å²) in [7, 11) is 0. The number of carbonyl (C=O) groups excluding carboxylic acids is 1. The van der Waals surface area contributed by atoms with Gasteiger partial charge >= 0.3 is 0 Å². The van der Waals surface area contributed by atoms with Gasteiger partial charge in [0.15, 0.2) is 5.76 Å². The van der Waals surface area contributed by atoms with E-state index in [1.165, 1.54) is 6.26 Å². The second kappa shape index (κ2) is 6.75. The van der Waals surface area contributed by atoms with Gasteiger partial charge in [0.1, 0.15) is 5.82 Å². The van der Waals surface area contributed by atoms with Crippen molar-refractivity contribution in [2.24, 2.45) is 5.92 Å². The minimum atomic E-state index is -0.280. The molecule has 0 atom stereocenters. The third-order valence-electron chi connectivity index (χ3n) is 2.79. The van der Waals surface area contributed by atoms with Crippen LogP contribution in [0.1, 0.15) is 30.8 Å². The van der Waals surface area contributed by atoms with Gasteiger partial charge in [-0.3, -0.25) is 4.79 Å². The van der Waals surface area contributed by atoms with Crippen LogP contribution in [0.3, 0.4) is 0 Å². The number of pyridine rings is 1. The zero-order valence-corrected chi connectivity index (χ0v) is 11.7. The van der Waals surface area contributed by atoms with Crippen LogP contribution in [0.25, 0.3) is 0 Å². The van der Waals surface area contributed by atoms with Crippen molar-refractivity contribution in [1.82, 2.24) is 4.98 Å². The van der Waals surface area contributed by atoms with Gasteiger partial charge in [0.25, 0.3) is 5.91 Å². The Bertz CT molecular complexity index is 533. The van der Waals surface area contributed by atoms with Crippen molar-refractivity contribution in [3.05, 3.63) is 42.5 Å². The molecule has 0 fully saturated rings. The lowest BCUT2D eigenvalue weighted by molar-refractivity contribution is 0.0996. The summed E-state index contributed by atoms with van der Waals surface area (Å²) >= 11 is 0. The van der Waals surface area contributed by atoms with Crippen LogP contribution >= 0.6 is 0 Å². The molecular formula is C15H19N3O2. The molecule has 5 nitrogen and oxygen atoms in total. The fourth-order valence-electron chi connectivity index (χ4n) is 1.66. The molecule has 2 aromatic rings. The van der Waals surface area contributed by atoms with Gasteiger partial charge in [-0.1, -0.05) is 13.8 Å². The minimum absolute atomic E-state index is 0.280. The van der Waals surface area contributed by atoms with E-state index in [0.717, 1.165) is 18.8 Å². The lowest BCUT2D eigenvalue weighted by Crippen LogP contribution is -2.11. The Hall–Kier alpha value is -2.30. The van der Waals surface area contributed by atoms with Gasteiger partial charge < -0.3 is 15.1 Å². The molecule has 0 saturated carbocycles. The van der Waals surface area contributed by atoms with Crippen LogP contribution in [-0.4, -0.2) is 17.4 Å². The number of nitrogens with zero attached hydrogens (tertiary/aromatic N) is 1. The van der Waals surface area contributed by atoms with Crippen LogP contribution in [-0.2, 0) is 0 Å². The predicted octanol–water partition coefficient (Wildman–Crippen LogP) is 3.38. The highest BCUT2D eigenvalue weighted by Crippen LogP contribution is 2.12. The molecular weight excluding hydrogens is 254 g/mol. The molecule has 20 heavy (non-hydrogen) atoms. The highest BCUT2D eigenvalue weighted by Gasteiger charge is 2.08. The summed E-state index contributed by atoms with van der Waals surface area (Å²) in [6.07, 6.45) is 4.19. The van der Waals surface area contributed by atoms with E-state index in [1.54, 1.807) is 18.3 Å². The number of carbonyl (C=O) groups is 1. The third-order valence-corrected chi connectivity index (χ3v) is 2.79. The summed E-state index contributed by atoms with van der Waals surface area (Å²) < 4.78 is 5.02. The van der Waals surface area contributed by atoms with E-state index >= 15 is 0 Å².